The van der Waals surface area contributed by atoms with Crippen LogP contribution in [0.2, 0.25) is 0 Å². The van der Waals surface area contributed by atoms with Crippen LogP contribution in [0.3, 0.4) is 0 Å². The van der Waals surface area contributed by atoms with Crippen LogP contribution in [0.4, 0.5) is 0 Å². The van der Waals surface area contributed by atoms with Crippen molar-refractivity contribution in [2.24, 2.45) is 0 Å². The summed E-state index contributed by atoms with van der Waals surface area (Å²) in [7, 11) is 0. The Morgan fingerprint density at radius 3 is 2.11 bits per heavy atom. The lowest BCUT2D eigenvalue weighted by Gasteiger charge is -2.26. The van der Waals surface area contributed by atoms with Crippen LogP contribution in [0.15, 0.2) is 48.5 Å². The molecule has 2 unspecified atom stereocenters. The van der Waals surface area contributed by atoms with Gasteiger partial charge in [-0.3, -0.25) is 4.79 Å². The first-order valence-electron chi connectivity index (χ1n) is 9.28. The SMILES string of the molecule is CC(=O)OCC(O)COc1ccc(C(C)(C)c2ccc(OC3CO3)cc2)cc1. The molecule has 6 nitrogen and oxygen atoms in total. The zero-order valence-electron chi connectivity index (χ0n) is 16.4. The van der Waals surface area contributed by atoms with E-state index in [1.54, 1.807) is 0 Å². The first kappa shape index (κ1) is 20.2. The summed E-state index contributed by atoms with van der Waals surface area (Å²) >= 11 is 0. The van der Waals surface area contributed by atoms with Crippen LogP contribution < -0.4 is 9.47 Å². The number of ether oxygens (including phenoxy) is 4. The van der Waals surface area contributed by atoms with Gasteiger partial charge < -0.3 is 24.1 Å². The van der Waals surface area contributed by atoms with Gasteiger partial charge in [-0.05, 0) is 35.4 Å². The fourth-order valence-corrected chi connectivity index (χ4v) is 2.80. The number of epoxide rings is 1. The molecule has 28 heavy (non-hydrogen) atoms. The second-order valence-corrected chi connectivity index (χ2v) is 7.32. The maximum Gasteiger partial charge on any atom is 0.302 e. The lowest BCUT2D eigenvalue weighted by molar-refractivity contribution is -0.144. The van der Waals surface area contributed by atoms with Gasteiger partial charge in [-0.25, -0.2) is 0 Å². The Bertz CT molecular complexity index is 778. The average molecular weight is 386 g/mol. The van der Waals surface area contributed by atoms with E-state index in [-0.39, 0.29) is 24.9 Å². The lowest BCUT2D eigenvalue weighted by atomic mass is 9.78. The summed E-state index contributed by atoms with van der Waals surface area (Å²) in [6, 6.07) is 15.8. The summed E-state index contributed by atoms with van der Waals surface area (Å²) < 4.78 is 21.0. The third kappa shape index (κ3) is 5.47. The number of carbonyl (C=O) groups is 1. The van der Waals surface area contributed by atoms with Crippen LogP contribution in [0.1, 0.15) is 31.9 Å². The summed E-state index contributed by atoms with van der Waals surface area (Å²) in [6.45, 7) is 6.25. The molecule has 6 heteroatoms. The van der Waals surface area contributed by atoms with Gasteiger partial charge in [0.1, 0.15) is 37.4 Å². The van der Waals surface area contributed by atoms with Crippen molar-refractivity contribution in [2.45, 2.75) is 38.6 Å². The molecule has 150 valence electrons. The van der Waals surface area contributed by atoms with E-state index in [0.717, 1.165) is 11.3 Å². The van der Waals surface area contributed by atoms with Gasteiger partial charge in [0.05, 0.1) is 0 Å². The lowest BCUT2D eigenvalue weighted by Crippen LogP contribution is -2.24. The molecule has 0 spiro atoms. The molecule has 1 N–H and O–H groups in total. The van der Waals surface area contributed by atoms with Gasteiger partial charge in [0.25, 0.3) is 0 Å². The van der Waals surface area contributed by atoms with Crippen molar-refractivity contribution in [2.75, 3.05) is 19.8 Å². The molecule has 0 amide bonds. The minimum Gasteiger partial charge on any atom is -0.491 e. The van der Waals surface area contributed by atoms with Gasteiger partial charge in [-0.2, -0.15) is 0 Å². The zero-order valence-corrected chi connectivity index (χ0v) is 16.4. The molecule has 1 heterocycles. The molecule has 2 atom stereocenters. The van der Waals surface area contributed by atoms with Crippen molar-refractivity contribution in [3.05, 3.63) is 59.7 Å². The molecule has 1 aliphatic rings. The van der Waals surface area contributed by atoms with Crippen LogP contribution in [0.25, 0.3) is 0 Å². The molecule has 1 fully saturated rings. The van der Waals surface area contributed by atoms with Crippen molar-refractivity contribution in [3.8, 4) is 11.5 Å². The number of benzene rings is 2. The van der Waals surface area contributed by atoms with Gasteiger partial charge in [0.15, 0.2) is 0 Å². The standard InChI is InChI=1S/C22H26O6/c1-15(23)25-12-18(24)13-26-19-8-4-16(5-9-19)22(2,3)17-6-10-20(11-7-17)28-21-14-27-21/h4-11,18,21,24H,12-14H2,1-3H3. The summed E-state index contributed by atoms with van der Waals surface area (Å²) in [4.78, 5) is 10.8. The highest BCUT2D eigenvalue weighted by Gasteiger charge is 2.26. The summed E-state index contributed by atoms with van der Waals surface area (Å²) in [5.74, 6) is 1.03. The first-order chi connectivity index (χ1) is 13.3. The quantitative estimate of drug-likeness (QED) is 0.527. The molecule has 0 bridgehead atoms. The average Bonchev–Trinajstić information content (AvgIpc) is 3.49. The Labute approximate surface area is 165 Å². The number of rotatable bonds is 9. The maximum atomic E-state index is 10.8. The molecule has 3 rings (SSSR count). The van der Waals surface area contributed by atoms with Crippen LogP contribution >= 0.6 is 0 Å². The Hall–Kier alpha value is -2.57. The molecule has 2 aromatic rings. The molecule has 2 aromatic carbocycles. The van der Waals surface area contributed by atoms with Crippen LogP contribution in [-0.2, 0) is 19.7 Å². The van der Waals surface area contributed by atoms with Gasteiger partial charge >= 0.3 is 5.97 Å². The molecule has 1 aliphatic heterocycles. The van der Waals surface area contributed by atoms with E-state index in [4.69, 9.17) is 18.9 Å². The maximum absolute atomic E-state index is 10.8. The van der Waals surface area contributed by atoms with Crippen molar-refractivity contribution < 1.29 is 28.8 Å². The summed E-state index contributed by atoms with van der Waals surface area (Å²) in [5.41, 5.74) is 2.11. The van der Waals surface area contributed by atoms with E-state index in [1.807, 2.05) is 36.4 Å². The van der Waals surface area contributed by atoms with E-state index >= 15 is 0 Å². The molecule has 0 aliphatic carbocycles. The van der Waals surface area contributed by atoms with Gasteiger partial charge in [0, 0.05) is 12.3 Å². The topological polar surface area (TPSA) is 77.5 Å². The molecule has 0 aromatic heterocycles. The Morgan fingerprint density at radius 1 is 1.07 bits per heavy atom. The minimum atomic E-state index is -0.859. The third-order valence-corrected chi connectivity index (χ3v) is 4.64. The number of hydrogen-bond acceptors (Lipinski definition) is 6. The fraction of sp³-hybridized carbons (Fsp3) is 0.409. The molecule has 0 radical (unpaired) electrons. The van der Waals surface area contributed by atoms with Crippen molar-refractivity contribution >= 4 is 5.97 Å². The number of esters is 1. The van der Waals surface area contributed by atoms with E-state index in [2.05, 4.69) is 26.0 Å². The second-order valence-electron chi connectivity index (χ2n) is 7.32. The highest BCUT2D eigenvalue weighted by molar-refractivity contribution is 5.65. The predicted molar refractivity (Wildman–Crippen MR) is 104 cm³/mol. The molecule has 0 saturated carbocycles. The Morgan fingerprint density at radius 2 is 1.61 bits per heavy atom. The number of aliphatic hydroxyl groups excluding tert-OH is 1. The fourth-order valence-electron chi connectivity index (χ4n) is 2.80. The normalized spacial score (nSPS) is 16.9. The zero-order chi connectivity index (χ0) is 20.1. The van der Waals surface area contributed by atoms with E-state index in [1.165, 1.54) is 12.5 Å². The number of aliphatic hydroxyl groups is 1. The first-order valence-corrected chi connectivity index (χ1v) is 9.28. The van der Waals surface area contributed by atoms with Crippen molar-refractivity contribution in [3.63, 3.8) is 0 Å². The summed E-state index contributed by atoms with van der Waals surface area (Å²) in [5, 5.41) is 9.75. The molecule has 1 saturated heterocycles. The Balaban J connectivity index is 1.58. The monoisotopic (exact) mass is 386 g/mol. The van der Waals surface area contributed by atoms with Gasteiger partial charge in [-0.15, -0.1) is 0 Å². The van der Waals surface area contributed by atoms with Crippen LogP contribution in [0.5, 0.6) is 11.5 Å². The Kier molecular flexibility index (Phi) is 6.21. The smallest absolute Gasteiger partial charge is 0.302 e. The molecular formula is C22H26O6. The third-order valence-electron chi connectivity index (χ3n) is 4.64. The van der Waals surface area contributed by atoms with Crippen molar-refractivity contribution in [1.82, 2.24) is 0 Å². The number of hydrogen-bond donors (Lipinski definition) is 1. The number of carbonyl (C=O) groups excluding carboxylic acids is 1. The second kappa shape index (κ2) is 8.63. The van der Waals surface area contributed by atoms with Gasteiger partial charge in [-0.1, -0.05) is 38.1 Å². The largest absolute Gasteiger partial charge is 0.491 e. The highest BCUT2D eigenvalue weighted by Crippen LogP contribution is 2.33. The van der Waals surface area contributed by atoms with E-state index in [9.17, 15) is 9.90 Å². The summed E-state index contributed by atoms with van der Waals surface area (Å²) in [6.07, 6.45) is -0.958. The van der Waals surface area contributed by atoms with E-state index in [0.29, 0.717) is 12.4 Å². The van der Waals surface area contributed by atoms with Gasteiger partial charge in [0.2, 0.25) is 6.29 Å². The predicted octanol–water partition coefficient (Wildman–Crippen LogP) is 3.05. The van der Waals surface area contributed by atoms with Crippen LogP contribution in [0, 0.1) is 0 Å². The highest BCUT2D eigenvalue weighted by atomic mass is 16.8. The van der Waals surface area contributed by atoms with E-state index < -0.39 is 12.1 Å². The van der Waals surface area contributed by atoms with Crippen LogP contribution in [-0.4, -0.2) is 43.3 Å². The minimum absolute atomic E-state index is 0.0577. The van der Waals surface area contributed by atoms with Crippen molar-refractivity contribution in [1.29, 1.82) is 0 Å². The molecular weight excluding hydrogens is 360 g/mol.